The zero-order valence-corrected chi connectivity index (χ0v) is 7.29. The number of methoxy groups -OCH3 is 1. The third-order valence-electron chi connectivity index (χ3n) is 1.25. The Kier molecular flexibility index (Phi) is 4.69. The third kappa shape index (κ3) is 3.71. The molecular formula is C9H12O3. The van der Waals surface area contributed by atoms with E-state index < -0.39 is 5.97 Å². The molecule has 0 aliphatic carbocycles. The summed E-state index contributed by atoms with van der Waals surface area (Å²) in [5.74, 6) is -0.468. The molecule has 0 aliphatic heterocycles. The molecule has 0 saturated heterocycles. The van der Waals surface area contributed by atoms with Gasteiger partial charge in [-0.2, -0.15) is 0 Å². The minimum absolute atomic E-state index is 0.00162. The lowest BCUT2D eigenvalue weighted by Gasteiger charge is -1.97. The predicted octanol–water partition coefficient (Wildman–Crippen LogP) is 1.25. The van der Waals surface area contributed by atoms with Gasteiger partial charge in [-0.15, -0.1) is 0 Å². The second-order valence-electron chi connectivity index (χ2n) is 2.26. The van der Waals surface area contributed by atoms with Crippen molar-refractivity contribution in [2.75, 3.05) is 7.11 Å². The molecule has 0 saturated carbocycles. The summed E-state index contributed by atoms with van der Waals surface area (Å²) in [6.07, 6.45) is 3.10. The third-order valence-corrected chi connectivity index (χ3v) is 1.25. The van der Waals surface area contributed by atoms with E-state index in [1.807, 2.05) is 0 Å². The van der Waals surface area contributed by atoms with Crippen LogP contribution in [-0.4, -0.2) is 18.9 Å². The van der Waals surface area contributed by atoms with E-state index in [0.717, 1.165) is 0 Å². The van der Waals surface area contributed by atoms with Crippen LogP contribution in [0.3, 0.4) is 0 Å². The number of hydrogen-bond acceptors (Lipinski definition) is 3. The maximum absolute atomic E-state index is 10.9. The molecule has 0 rings (SSSR count). The van der Waals surface area contributed by atoms with Crippen molar-refractivity contribution in [3.8, 4) is 0 Å². The summed E-state index contributed by atoms with van der Waals surface area (Å²) in [6.45, 7) is 4.88. The zero-order valence-electron chi connectivity index (χ0n) is 7.29. The van der Waals surface area contributed by atoms with E-state index in [1.54, 1.807) is 0 Å². The van der Waals surface area contributed by atoms with Gasteiger partial charge in [0.2, 0.25) is 0 Å². The summed E-state index contributed by atoms with van der Waals surface area (Å²) < 4.78 is 4.45. The Morgan fingerprint density at radius 2 is 2.08 bits per heavy atom. The topological polar surface area (TPSA) is 43.4 Å². The van der Waals surface area contributed by atoms with E-state index in [4.69, 9.17) is 0 Å². The van der Waals surface area contributed by atoms with E-state index in [0.29, 0.717) is 5.57 Å². The van der Waals surface area contributed by atoms with E-state index >= 15 is 0 Å². The molecule has 0 unspecified atom stereocenters. The summed E-state index contributed by atoms with van der Waals surface area (Å²) in [6, 6.07) is 0. The van der Waals surface area contributed by atoms with Crippen LogP contribution in [-0.2, 0) is 14.3 Å². The van der Waals surface area contributed by atoms with Gasteiger partial charge in [-0.05, 0) is 6.92 Å². The summed E-state index contributed by atoms with van der Waals surface area (Å²) in [7, 11) is 1.29. The molecule has 3 heteroatoms. The van der Waals surface area contributed by atoms with Crippen LogP contribution in [0.4, 0.5) is 0 Å². The van der Waals surface area contributed by atoms with Gasteiger partial charge >= 0.3 is 5.97 Å². The first-order chi connectivity index (χ1) is 5.61. The second kappa shape index (κ2) is 5.29. The summed E-state index contributed by atoms with van der Waals surface area (Å²) >= 11 is 0. The van der Waals surface area contributed by atoms with Crippen molar-refractivity contribution in [1.29, 1.82) is 0 Å². The maximum atomic E-state index is 10.9. The molecule has 3 nitrogen and oxygen atoms in total. The molecule has 0 aromatic heterocycles. The van der Waals surface area contributed by atoms with Crippen LogP contribution in [0.15, 0.2) is 24.3 Å². The van der Waals surface area contributed by atoms with Crippen molar-refractivity contribution in [3.63, 3.8) is 0 Å². The number of carbonyl (C=O) groups excluding carboxylic acids is 2. The minimum atomic E-state index is -0.466. The van der Waals surface area contributed by atoms with Gasteiger partial charge in [-0.3, -0.25) is 4.79 Å². The fraction of sp³-hybridized carbons (Fsp3) is 0.333. The molecule has 0 aromatic rings. The van der Waals surface area contributed by atoms with E-state index in [-0.39, 0.29) is 12.2 Å². The van der Waals surface area contributed by atoms with E-state index in [2.05, 4.69) is 11.3 Å². The molecule has 0 atom stereocenters. The molecule has 66 valence electrons. The summed E-state index contributed by atoms with van der Waals surface area (Å²) in [5.41, 5.74) is 0.327. The molecule has 0 radical (unpaired) electrons. The molecule has 0 spiro atoms. The van der Waals surface area contributed by atoms with Crippen LogP contribution in [0.5, 0.6) is 0 Å². The Labute approximate surface area is 71.7 Å². The SMILES string of the molecule is C=C/C(=C\CC(C)=O)C(=O)OC. The Bertz CT molecular complexity index is 226. The van der Waals surface area contributed by atoms with Crippen molar-refractivity contribution in [2.24, 2.45) is 0 Å². The van der Waals surface area contributed by atoms with Gasteiger partial charge in [-0.25, -0.2) is 4.79 Å². The summed E-state index contributed by atoms with van der Waals surface area (Å²) in [5, 5.41) is 0. The second-order valence-corrected chi connectivity index (χ2v) is 2.26. The van der Waals surface area contributed by atoms with Gasteiger partial charge in [0.15, 0.2) is 0 Å². The van der Waals surface area contributed by atoms with Crippen molar-refractivity contribution in [1.82, 2.24) is 0 Å². The highest BCUT2D eigenvalue weighted by molar-refractivity contribution is 5.92. The number of hydrogen-bond donors (Lipinski definition) is 0. The standard InChI is InChI=1S/C9H12O3/c1-4-8(9(11)12-3)6-5-7(2)10/h4,6H,1,5H2,2-3H3/b8-6+. The highest BCUT2D eigenvalue weighted by Gasteiger charge is 2.04. The van der Waals surface area contributed by atoms with Crippen LogP contribution in [0.1, 0.15) is 13.3 Å². The lowest BCUT2D eigenvalue weighted by Crippen LogP contribution is -2.03. The number of carbonyl (C=O) groups is 2. The summed E-state index contributed by atoms with van der Waals surface area (Å²) in [4.78, 5) is 21.4. The van der Waals surface area contributed by atoms with Gasteiger partial charge in [0.05, 0.1) is 12.7 Å². The molecule has 0 N–H and O–H groups in total. The van der Waals surface area contributed by atoms with Gasteiger partial charge < -0.3 is 4.74 Å². The minimum Gasteiger partial charge on any atom is -0.465 e. The zero-order chi connectivity index (χ0) is 9.56. The fourth-order valence-electron chi connectivity index (χ4n) is 0.622. The van der Waals surface area contributed by atoms with E-state index in [9.17, 15) is 9.59 Å². The first-order valence-electron chi connectivity index (χ1n) is 3.52. The highest BCUT2D eigenvalue weighted by Crippen LogP contribution is 2.00. The highest BCUT2D eigenvalue weighted by atomic mass is 16.5. The molecule has 0 fully saturated rings. The average molecular weight is 168 g/mol. The van der Waals surface area contributed by atoms with Crippen molar-refractivity contribution in [2.45, 2.75) is 13.3 Å². The molecule has 0 heterocycles. The largest absolute Gasteiger partial charge is 0.465 e. The quantitative estimate of drug-likeness (QED) is 0.360. The molecule has 12 heavy (non-hydrogen) atoms. The Morgan fingerprint density at radius 1 is 1.50 bits per heavy atom. The maximum Gasteiger partial charge on any atom is 0.337 e. The van der Waals surface area contributed by atoms with Crippen LogP contribution in [0.25, 0.3) is 0 Å². The van der Waals surface area contributed by atoms with Gasteiger partial charge in [0, 0.05) is 6.42 Å². The van der Waals surface area contributed by atoms with Crippen molar-refractivity contribution < 1.29 is 14.3 Å². The van der Waals surface area contributed by atoms with Crippen LogP contribution in [0, 0.1) is 0 Å². The Balaban J connectivity index is 4.33. The normalized spacial score (nSPS) is 10.7. The first-order valence-corrected chi connectivity index (χ1v) is 3.52. The number of ketones is 1. The molecule has 0 aliphatic rings. The molecule has 0 amide bonds. The Morgan fingerprint density at radius 3 is 2.42 bits per heavy atom. The predicted molar refractivity (Wildman–Crippen MR) is 45.6 cm³/mol. The van der Waals surface area contributed by atoms with Gasteiger partial charge in [0.1, 0.15) is 5.78 Å². The monoisotopic (exact) mass is 168 g/mol. The van der Waals surface area contributed by atoms with Crippen molar-refractivity contribution >= 4 is 11.8 Å². The van der Waals surface area contributed by atoms with Gasteiger partial charge in [0.25, 0.3) is 0 Å². The fourth-order valence-corrected chi connectivity index (χ4v) is 0.622. The van der Waals surface area contributed by atoms with Gasteiger partial charge in [-0.1, -0.05) is 18.7 Å². The smallest absolute Gasteiger partial charge is 0.337 e. The van der Waals surface area contributed by atoms with E-state index in [1.165, 1.54) is 26.2 Å². The van der Waals surface area contributed by atoms with Crippen LogP contribution >= 0.6 is 0 Å². The average Bonchev–Trinajstić information content (AvgIpc) is 2.04. The molecular weight excluding hydrogens is 156 g/mol. The van der Waals surface area contributed by atoms with Crippen molar-refractivity contribution in [3.05, 3.63) is 24.3 Å². The lowest BCUT2D eigenvalue weighted by atomic mass is 10.2. The number of esters is 1. The first kappa shape index (κ1) is 10.6. The number of Topliss-reactive ketones (excluding diaryl/α,β-unsaturated/α-hetero) is 1. The molecule has 0 bridgehead atoms. The van der Waals surface area contributed by atoms with Crippen LogP contribution in [0.2, 0.25) is 0 Å². The lowest BCUT2D eigenvalue weighted by molar-refractivity contribution is -0.135. The van der Waals surface area contributed by atoms with Crippen LogP contribution < -0.4 is 0 Å². The molecule has 0 aromatic carbocycles. The number of allylic oxidation sites excluding steroid dienone is 1. The number of rotatable bonds is 4. The number of ether oxygens (including phenoxy) is 1. The Hall–Kier alpha value is -1.38.